The highest BCUT2D eigenvalue weighted by Crippen LogP contribution is 2.51. The predicted molar refractivity (Wildman–Crippen MR) is 109 cm³/mol. The molecule has 0 spiro atoms. The van der Waals surface area contributed by atoms with Gasteiger partial charge < -0.3 is 50.7 Å². The van der Waals surface area contributed by atoms with Crippen LogP contribution in [0.2, 0.25) is 0 Å². The third-order valence-electron chi connectivity index (χ3n) is 5.68. The van der Waals surface area contributed by atoms with Gasteiger partial charge in [0.2, 0.25) is 0 Å². The molecular weight excluding hydrogens is 501 g/mol. The monoisotopic (exact) mass is 527 g/mol. The first-order valence-corrected chi connectivity index (χ1v) is 11.7. The number of carbonyl (C=O) groups is 1. The molecule has 18 heteroatoms. The number of aliphatic hydroxyl groups is 5. The molecule has 0 aromatic carbocycles. The van der Waals surface area contributed by atoms with Gasteiger partial charge in [0, 0.05) is 18.5 Å². The Hall–Kier alpha value is -2.02. The molecule has 2 aliphatic heterocycles. The summed E-state index contributed by atoms with van der Waals surface area (Å²) in [6, 6.07) is 1.23. The number of phosphoric ester groups is 1. The average Bonchev–Trinajstić information content (AvgIpc) is 3.02. The van der Waals surface area contributed by atoms with E-state index in [1.54, 1.807) is 0 Å². The van der Waals surface area contributed by atoms with Crippen molar-refractivity contribution in [1.29, 1.82) is 0 Å². The van der Waals surface area contributed by atoms with Gasteiger partial charge in [-0.25, -0.2) is 18.7 Å². The zero-order valence-electron chi connectivity index (χ0n) is 18.1. The van der Waals surface area contributed by atoms with Crippen molar-refractivity contribution in [2.75, 3.05) is 12.3 Å². The van der Waals surface area contributed by atoms with Crippen LogP contribution in [0.4, 0.5) is 5.82 Å². The molecule has 0 radical (unpaired) electrons. The Morgan fingerprint density at radius 2 is 2.03 bits per heavy atom. The maximum absolute atomic E-state index is 12.5. The molecular formula is C17H26N3O14P. The highest BCUT2D eigenvalue weighted by atomic mass is 31.2. The van der Waals surface area contributed by atoms with Crippen molar-refractivity contribution in [3.8, 4) is 0 Å². The van der Waals surface area contributed by atoms with Crippen LogP contribution >= 0.6 is 7.82 Å². The van der Waals surface area contributed by atoms with Crippen molar-refractivity contribution in [1.82, 2.24) is 9.55 Å². The smallest absolute Gasteiger partial charge is 0.475 e. The fourth-order valence-electron chi connectivity index (χ4n) is 3.72. The van der Waals surface area contributed by atoms with Crippen LogP contribution < -0.4 is 11.4 Å². The molecule has 1 aromatic heterocycles. The quantitative estimate of drug-likeness (QED) is 0.120. The van der Waals surface area contributed by atoms with Gasteiger partial charge in [-0.05, 0) is 6.07 Å². The van der Waals surface area contributed by atoms with E-state index in [0.29, 0.717) is 0 Å². The largest absolute Gasteiger partial charge is 0.477 e. The third kappa shape index (κ3) is 5.71. The Bertz CT molecular complexity index is 1040. The number of aliphatic hydroxyl groups excluding tert-OH is 4. The van der Waals surface area contributed by atoms with E-state index in [1.807, 2.05) is 0 Å². The second-order valence-corrected chi connectivity index (χ2v) is 9.51. The van der Waals surface area contributed by atoms with Gasteiger partial charge in [0.15, 0.2) is 12.5 Å². The Kier molecular flexibility index (Phi) is 8.00. The van der Waals surface area contributed by atoms with Crippen LogP contribution in [0.1, 0.15) is 19.6 Å². The summed E-state index contributed by atoms with van der Waals surface area (Å²) in [7, 11) is -5.34. The van der Waals surface area contributed by atoms with Crippen molar-refractivity contribution in [2.24, 2.45) is 5.92 Å². The highest BCUT2D eigenvalue weighted by Gasteiger charge is 2.57. The fraction of sp³-hybridized carbons (Fsp3) is 0.706. The molecule has 0 bridgehead atoms. The number of aromatic nitrogens is 2. The molecule has 2 fully saturated rings. The van der Waals surface area contributed by atoms with Crippen LogP contribution in [-0.2, 0) is 27.9 Å². The van der Waals surface area contributed by atoms with E-state index in [4.69, 9.17) is 24.3 Å². The van der Waals surface area contributed by atoms with Gasteiger partial charge in [0.05, 0.1) is 12.7 Å². The molecule has 2 saturated heterocycles. The minimum absolute atomic E-state index is 0.106. The summed E-state index contributed by atoms with van der Waals surface area (Å²) in [6.45, 7) is 0.401. The molecule has 7 unspecified atom stereocenters. The molecule has 3 heterocycles. The summed E-state index contributed by atoms with van der Waals surface area (Å²) < 4.78 is 33.2. The molecule has 1 aromatic rings. The van der Waals surface area contributed by atoms with Crippen LogP contribution in [0.3, 0.4) is 0 Å². The Balaban J connectivity index is 1.72. The topological polar surface area (TPSA) is 274 Å². The van der Waals surface area contributed by atoms with Crippen molar-refractivity contribution in [3.63, 3.8) is 0 Å². The summed E-state index contributed by atoms with van der Waals surface area (Å²) in [5, 5.41) is 59.0. The number of hydrogen-bond donors (Lipinski definition) is 8. The number of rotatable bonds is 8. The predicted octanol–water partition coefficient (Wildman–Crippen LogP) is -3.54. The van der Waals surface area contributed by atoms with Crippen LogP contribution in [-0.4, -0.2) is 100 Å². The van der Waals surface area contributed by atoms with Gasteiger partial charge in [-0.2, -0.15) is 4.98 Å². The number of carboxylic acid groups (broad SMARTS) is 1. The van der Waals surface area contributed by atoms with Crippen molar-refractivity contribution in [2.45, 2.75) is 62.2 Å². The molecule has 9 atom stereocenters. The summed E-state index contributed by atoms with van der Waals surface area (Å²) >= 11 is 0. The molecule has 3 rings (SSSR count). The standard InChI is InChI=1S/C17H26N3O14P/c1-6-7(21)4-17(15(26)27,33-12(6)14(24)25)34-35(29,30)31-5-8-10(22)11(23)13(32-8)20-3-2-9(18)19-16(20)28/h2-3,6-8,10-14,21-25H,4-5H2,1H3,(H,26,27)(H,29,30)(H2,18,19,28)/t6?,7?,8?,10-,11-,12?,13?,17?/m1/s1. The van der Waals surface area contributed by atoms with Crippen molar-refractivity contribution >= 4 is 19.6 Å². The number of anilines is 1. The van der Waals surface area contributed by atoms with Gasteiger partial charge in [-0.1, -0.05) is 6.92 Å². The van der Waals surface area contributed by atoms with E-state index in [9.17, 15) is 49.7 Å². The molecule has 9 N–H and O–H groups in total. The summed E-state index contributed by atoms with van der Waals surface area (Å²) in [5.41, 5.74) is 4.48. The lowest BCUT2D eigenvalue weighted by Gasteiger charge is -2.43. The molecule has 0 aliphatic carbocycles. The maximum Gasteiger partial charge on any atom is 0.475 e. The molecule has 0 saturated carbocycles. The lowest BCUT2D eigenvalue weighted by Crippen LogP contribution is -2.59. The SMILES string of the molecule is CC1C(O)CC(OP(=O)(O)OCC2OC(n3ccc(N)nc3=O)[C@H](O)[C@@H]2O)(C(=O)O)OC1C(O)O. The third-order valence-corrected chi connectivity index (χ3v) is 6.68. The lowest BCUT2D eigenvalue weighted by atomic mass is 9.88. The first-order valence-electron chi connectivity index (χ1n) is 10.2. The summed E-state index contributed by atoms with van der Waals surface area (Å²) in [5.74, 6) is -6.04. The van der Waals surface area contributed by atoms with Gasteiger partial charge in [0.25, 0.3) is 5.79 Å². The number of phosphoric acid groups is 1. The second kappa shape index (κ2) is 10.2. The van der Waals surface area contributed by atoms with Crippen LogP contribution in [0.5, 0.6) is 0 Å². The van der Waals surface area contributed by atoms with E-state index in [0.717, 1.165) is 10.8 Å². The molecule has 0 amide bonds. The van der Waals surface area contributed by atoms with E-state index < -0.39 is 87.3 Å². The van der Waals surface area contributed by atoms with Crippen molar-refractivity contribution < 1.29 is 63.4 Å². The number of aliphatic carboxylic acids is 1. The van der Waals surface area contributed by atoms with Crippen molar-refractivity contribution in [3.05, 3.63) is 22.7 Å². The normalized spacial score (nSPS) is 37.3. The zero-order chi connectivity index (χ0) is 26.3. The van der Waals surface area contributed by atoms with Crippen LogP contribution in [0.25, 0.3) is 0 Å². The number of nitrogen functional groups attached to an aromatic ring is 1. The summed E-state index contributed by atoms with van der Waals surface area (Å²) in [6.07, 6.45) is -11.6. The number of nitrogens with zero attached hydrogens (tertiary/aromatic N) is 2. The van der Waals surface area contributed by atoms with Gasteiger partial charge in [-0.3, -0.25) is 9.09 Å². The zero-order valence-corrected chi connectivity index (χ0v) is 19.0. The van der Waals surface area contributed by atoms with Gasteiger partial charge >= 0.3 is 19.5 Å². The minimum Gasteiger partial charge on any atom is -0.477 e. The Morgan fingerprint density at radius 3 is 2.60 bits per heavy atom. The summed E-state index contributed by atoms with van der Waals surface area (Å²) in [4.78, 5) is 37.4. The minimum atomic E-state index is -5.34. The second-order valence-electron chi connectivity index (χ2n) is 8.13. The van der Waals surface area contributed by atoms with Crippen LogP contribution in [0, 0.1) is 5.92 Å². The molecule has 17 nitrogen and oxygen atoms in total. The number of hydrogen-bond acceptors (Lipinski definition) is 14. The molecule has 35 heavy (non-hydrogen) atoms. The maximum atomic E-state index is 12.5. The number of nitrogens with two attached hydrogens (primary N) is 1. The lowest BCUT2D eigenvalue weighted by molar-refractivity contribution is -0.309. The highest BCUT2D eigenvalue weighted by molar-refractivity contribution is 7.47. The average molecular weight is 527 g/mol. The van der Waals surface area contributed by atoms with E-state index in [2.05, 4.69) is 4.98 Å². The van der Waals surface area contributed by atoms with Gasteiger partial charge in [0.1, 0.15) is 30.2 Å². The van der Waals surface area contributed by atoms with Crippen LogP contribution in [0.15, 0.2) is 17.1 Å². The molecule has 198 valence electrons. The fourth-order valence-corrected chi connectivity index (χ4v) is 4.68. The first kappa shape index (κ1) is 27.6. The van der Waals surface area contributed by atoms with E-state index in [-0.39, 0.29) is 5.82 Å². The molecule has 2 aliphatic rings. The Labute approximate surface area is 196 Å². The Morgan fingerprint density at radius 1 is 1.37 bits per heavy atom. The van der Waals surface area contributed by atoms with E-state index in [1.165, 1.54) is 13.0 Å². The van der Waals surface area contributed by atoms with E-state index >= 15 is 0 Å². The first-order chi connectivity index (χ1) is 16.2. The number of carboxylic acids is 1. The number of ether oxygens (including phenoxy) is 2. The van der Waals surface area contributed by atoms with Gasteiger partial charge in [-0.15, -0.1) is 0 Å².